The SMILES string of the molecule is CC(Nc1ccc(S(=O)(=O)OC(N)=O)c(N)c1)c1cn2cc(C3CC3)ccc2n1. The number of benzene rings is 1. The molecule has 1 amide bonds. The fraction of sp³-hybridized carbons (Fsp3) is 0.263. The zero-order valence-corrected chi connectivity index (χ0v) is 16.5. The summed E-state index contributed by atoms with van der Waals surface area (Å²) in [7, 11) is -4.35. The van der Waals surface area contributed by atoms with E-state index < -0.39 is 16.2 Å². The Hall–Kier alpha value is -3.27. The number of primary amides is 1. The van der Waals surface area contributed by atoms with Crippen LogP contribution >= 0.6 is 0 Å². The fourth-order valence-corrected chi connectivity index (χ4v) is 4.13. The van der Waals surface area contributed by atoms with Crippen molar-refractivity contribution in [1.29, 1.82) is 0 Å². The van der Waals surface area contributed by atoms with E-state index in [2.05, 4.69) is 26.7 Å². The molecule has 0 bridgehead atoms. The number of imidazole rings is 1. The molecule has 1 atom stereocenters. The van der Waals surface area contributed by atoms with Crippen molar-refractivity contribution in [3.8, 4) is 0 Å². The maximum Gasteiger partial charge on any atom is 0.420 e. The highest BCUT2D eigenvalue weighted by atomic mass is 32.2. The van der Waals surface area contributed by atoms with Crippen molar-refractivity contribution in [2.45, 2.75) is 36.6 Å². The Labute approximate surface area is 167 Å². The molecule has 4 rings (SSSR count). The molecule has 1 unspecified atom stereocenters. The quantitative estimate of drug-likeness (QED) is 0.415. The summed E-state index contributed by atoms with van der Waals surface area (Å²) in [5.41, 5.74) is 14.2. The molecule has 10 heteroatoms. The van der Waals surface area contributed by atoms with E-state index in [-0.39, 0.29) is 16.6 Å². The number of pyridine rings is 1. The molecule has 1 saturated carbocycles. The van der Waals surface area contributed by atoms with Crippen molar-refractivity contribution < 1.29 is 17.4 Å². The van der Waals surface area contributed by atoms with Crippen LogP contribution in [0.5, 0.6) is 0 Å². The molecule has 3 aromatic rings. The summed E-state index contributed by atoms with van der Waals surface area (Å²) in [6, 6.07) is 8.23. The van der Waals surface area contributed by atoms with Crippen LogP contribution in [0.15, 0.2) is 47.6 Å². The lowest BCUT2D eigenvalue weighted by Gasteiger charge is -2.14. The van der Waals surface area contributed by atoms with Gasteiger partial charge in [-0.1, -0.05) is 6.07 Å². The van der Waals surface area contributed by atoms with Gasteiger partial charge in [0.05, 0.1) is 17.4 Å². The number of aromatic nitrogens is 2. The second kappa shape index (κ2) is 6.96. The van der Waals surface area contributed by atoms with Crippen molar-refractivity contribution in [3.05, 3.63) is 54.0 Å². The van der Waals surface area contributed by atoms with Crippen LogP contribution in [0.1, 0.15) is 43.0 Å². The molecule has 0 spiro atoms. The molecule has 5 N–H and O–H groups in total. The maximum atomic E-state index is 12.0. The Morgan fingerprint density at radius 2 is 2.03 bits per heavy atom. The summed E-state index contributed by atoms with van der Waals surface area (Å²) in [5.74, 6) is 0.664. The average Bonchev–Trinajstić information content (AvgIpc) is 3.38. The molecule has 0 radical (unpaired) electrons. The third kappa shape index (κ3) is 3.97. The Morgan fingerprint density at radius 3 is 2.69 bits per heavy atom. The van der Waals surface area contributed by atoms with Crippen molar-refractivity contribution in [1.82, 2.24) is 9.38 Å². The average molecular weight is 415 g/mol. The number of nitrogens with one attached hydrogen (secondary N) is 1. The molecule has 2 heterocycles. The van der Waals surface area contributed by atoms with E-state index in [9.17, 15) is 13.2 Å². The minimum Gasteiger partial charge on any atom is -0.398 e. The third-order valence-corrected chi connectivity index (χ3v) is 6.13. The minimum atomic E-state index is -4.35. The van der Waals surface area contributed by atoms with Gasteiger partial charge in [0, 0.05) is 18.1 Å². The van der Waals surface area contributed by atoms with Crippen LogP contribution < -0.4 is 16.8 Å². The summed E-state index contributed by atoms with van der Waals surface area (Å²) in [6.07, 6.45) is 5.15. The van der Waals surface area contributed by atoms with Gasteiger partial charge >= 0.3 is 16.2 Å². The molecule has 0 saturated heterocycles. The lowest BCUT2D eigenvalue weighted by Crippen LogP contribution is -2.19. The van der Waals surface area contributed by atoms with E-state index in [0.29, 0.717) is 11.6 Å². The minimum absolute atomic E-state index is 0.0625. The van der Waals surface area contributed by atoms with Crippen LogP contribution in [0.4, 0.5) is 16.2 Å². The maximum absolute atomic E-state index is 12.0. The van der Waals surface area contributed by atoms with Gasteiger partial charge in [0.15, 0.2) is 0 Å². The predicted octanol–water partition coefficient (Wildman–Crippen LogP) is 2.75. The molecular weight excluding hydrogens is 394 g/mol. The van der Waals surface area contributed by atoms with E-state index in [1.54, 1.807) is 0 Å². The number of hydrogen-bond donors (Lipinski definition) is 3. The molecule has 9 nitrogen and oxygen atoms in total. The van der Waals surface area contributed by atoms with Gasteiger partial charge in [-0.15, -0.1) is 0 Å². The van der Waals surface area contributed by atoms with Crippen LogP contribution in [0, 0.1) is 0 Å². The molecule has 1 aliphatic carbocycles. The van der Waals surface area contributed by atoms with Crippen LogP contribution in [0.2, 0.25) is 0 Å². The van der Waals surface area contributed by atoms with Gasteiger partial charge in [-0.2, -0.15) is 8.42 Å². The number of nitrogen functional groups attached to an aromatic ring is 1. The number of nitrogens with two attached hydrogens (primary N) is 2. The van der Waals surface area contributed by atoms with E-state index in [1.165, 1.54) is 36.6 Å². The highest BCUT2D eigenvalue weighted by molar-refractivity contribution is 7.87. The summed E-state index contributed by atoms with van der Waals surface area (Å²) in [4.78, 5) is 15.1. The number of rotatable bonds is 6. The van der Waals surface area contributed by atoms with Crippen LogP contribution in [0.3, 0.4) is 0 Å². The molecule has 2 aromatic heterocycles. The third-order valence-electron chi connectivity index (χ3n) is 4.84. The standard InChI is InChI=1S/C19H21N5O4S/c1-11(16-10-24-9-13(12-2-3-12)4-7-18(24)23-16)22-14-5-6-17(15(20)8-14)29(26,27)28-19(21)25/h4-12,22H,2-3,20H2,1H3,(H2,21,25). The van der Waals surface area contributed by atoms with Crippen LogP contribution in [-0.2, 0) is 14.3 Å². The zero-order chi connectivity index (χ0) is 20.8. The van der Waals surface area contributed by atoms with Crippen molar-refractivity contribution in [3.63, 3.8) is 0 Å². The first-order valence-corrected chi connectivity index (χ1v) is 10.5. The lowest BCUT2D eigenvalue weighted by molar-refractivity contribution is 0.213. The van der Waals surface area contributed by atoms with Gasteiger partial charge in [0.1, 0.15) is 10.5 Å². The molecular formula is C19H21N5O4S. The first-order chi connectivity index (χ1) is 13.7. The Kier molecular flexibility index (Phi) is 4.58. The highest BCUT2D eigenvalue weighted by Crippen LogP contribution is 2.40. The first kappa shape index (κ1) is 19.1. The lowest BCUT2D eigenvalue weighted by atomic mass is 10.2. The van der Waals surface area contributed by atoms with Gasteiger partial charge in [0.25, 0.3) is 0 Å². The normalized spacial score (nSPS) is 15.2. The molecule has 152 valence electrons. The van der Waals surface area contributed by atoms with Crippen LogP contribution in [-0.4, -0.2) is 23.9 Å². The summed E-state index contributed by atoms with van der Waals surface area (Å²) in [5, 5.41) is 3.25. The van der Waals surface area contributed by atoms with E-state index in [4.69, 9.17) is 11.5 Å². The van der Waals surface area contributed by atoms with Crippen molar-refractivity contribution >= 4 is 33.2 Å². The van der Waals surface area contributed by atoms with Crippen LogP contribution in [0.25, 0.3) is 5.65 Å². The number of hydrogen-bond acceptors (Lipinski definition) is 7. The summed E-state index contributed by atoms with van der Waals surface area (Å²) >= 11 is 0. The summed E-state index contributed by atoms with van der Waals surface area (Å²) in [6.45, 7) is 1.95. The van der Waals surface area contributed by atoms with Gasteiger partial charge in [-0.25, -0.2) is 9.78 Å². The number of carbonyl (C=O) groups is 1. The largest absolute Gasteiger partial charge is 0.420 e. The number of carbonyl (C=O) groups excluding carboxylic acids is 1. The number of nitrogens with zero attached hydrogens (tertiary/aromatic N) is 2. The number of amides is 1. The molecule has 29 heavy (non-hydrogen) atoms. The fourth-order valence-electron chi connectivity index (χ4n) is 3.24. The van der Waals surface area contributed by atoms with Gasteiger partial charge in [-0.3, -0.25) is 0 Å². The second-order valence-electron chi connectivity index (χ2n) is 7.14. The summed E-state index contributed by atoms with van der Waals surface area (Å²) < 4.78 is 30.1. The van der Waals surface area contributed by atoms with Gasteiger partial charge in [-0.05, 0) is 55.5 Å². The topological polar surface area (TPSA) is 142 Å². The monoisotopic (exact) mass is 415 g/mol. The highest BCUT2D eigenvalue weighted by Gasteiger charge is 2.24. The second-order valence-corrected chi connectivity index (χ2v) is 8.66. The molecule has 0 aliphatic heterocycles. The van der Waals surface area contributed by atoms with Gasteiger partial charge in [0.2, 0.25) is 0 Å². The molecule has 1 aliphatic rings. The van der Waals surface area contributed by atoms with E-state index in [0.717, 1.165) is 11.3 Å². The first-order valence-electron chi connectivity index (χ1n) is 9.11. The van der Waals surface area contributed by atoms with Crippen molar-refractivity contribution in [2.24, 2.45) is 5.73 Å². The van der Waals surface area contributed by atoms with Crippen molar-refractivity contribution in [2.75, 3.05) is 11.1 Å². The van der Waals surface area contributed by atoms with E-state index in [1.807, 2.05) is 23.6 Å². The Balaban J connectivity index is 1.53. The number of anilines is 2. The zero-order valence-electron chi connectivity index (χ0n) is 15.7. The number of fused-ring (bicyclic) bond motifs is 1. The smallest absolute Gasteiger partial charge is 0.398 e. The predicted molar refractivity (Wildman–Crippen MR) is 108 cm³/mol. The Bertz CT molecular complexity index is 1200. The molecule has 1 fully saturated rings. The Morgan fingerprint density at radius 1 is 1.28 bits per heavy atom. The molecule has 1 aromatic carbocycles. The van der Waals surface area contributed by atoms with E-state index >= 15 is 0 Å². The van der Waals surface area contributed by atoms with Gasteiger partial charge < -0.3 is 25.4 Å².